The van der Waals surface area contributed by atoms with Gasteiger partial charge in [-0.05, 0) is 6.92 Å². The summed E-state index contributed by atoms with van der Waals surface area (Å²) >= 11 is 1.12. The summed E-state index contributed by atoms with van der Waals surface area (Å²) in [5.74, 6) is 0. The van der Waals surface area contributed by atoms with Gasteiger partial charge in [0, 0.05) is 0 Å². The molecule has 0 aliphatic rings. The molecule has 1 aromatic rings. The van der Waals surface area contributed by atoms with Crippen molar-refractivity contribution in [3.8, 4) is 0 Å². The molecule has 0 spiro atoms. The van der Waals surface area contributed by atoms with Gasteiger partial charge in [-0.2, -0.15) is 0 Å². The summed E-state index contributed by atoms with van der Waals surface area (Å²) in [7, 11) is 29.7. The summed E-state index contributed by atoms with van der Waals surface area (Å²) in [5, 5.41) is 0. The van der Waals surface area contributed by atoms with Crippen LogP contribution in [0.2, 0.25) is 0 Å². The molecule has 0 bridgehead atoms. The molecule has 2 nitrogen and oxygen atoms in total. The van der Waals surface area contributed by atoms with Gasteiger partial charge < -0.3 is 44.2 Å². The number of rotatable bonds is 1. The molecule has 17 heavy (non-hydrogen) atoms. The summed E-state index contributed by atoms with van der Waals surface area (Å²) in [6, 6.07) is 0. The largest absolute Gasteiger partial charge is 0.643 e. The van der Waals surface area contributed by atoms with Gasteiger partial charge in [-0.25, -0.2) is 39.3 Å². The van der Waals surface area contributed by atoms with Gasteiger partial charge in [-0.3, -0.25) is 0 Å². The molecule has 0 unspecified atom stereocenters. The molecule has 0 aromatic carbocycles. The van der Waals surface area contributed by atoms with E-state index >= 15 is 0 Å². The highest BCUT2D eigenvalue weighted by atomic mass is 79.9. The topological polar surface area (TPSA) is 8.81 Å². The Hall–Kier alpha value is 2.49. The highest BCUT2D eigenvalue weighted by Gasteiger charge is 2.13. The van der Waals surface area contributed by atoms with E-state index in [-0.39, 0.29) is 0 Å². The van der Waals surface area contributed by atoms with E-state index in [1.165, 1.54) is 0 Å². The van der Waals surface area contributed by atoms with Crippen LogP contribution in [0.15, 0.2) is 18.7 Å². The zero-order valence-electron chi connectivity index (χ0n) is 9.13. The molecule has 11 heteroatoms. The second kappa shape index (κ2) is 12.3. The van der Waals surface area contributed by atoms with Gasteiger partial charge in [0.25, 0.3) is 0 Å². The Balaban J connectivity index is 0. The number of halogens is 7. The van der Waals surface area contributed by atoms with Crippen LogP contribution in [0.4, 0.5) is 0 Å². The maximum absolute atomic E-state index is 5.14. The number of hydrogen-bond acceptors (Lipinski definition) is 0. The van der Waals surface area contributed by atoms with E-state index in [1.54, 1.807) is 0 Å². The molecule has 100 valence electrons. The lowest BCUT2D eigenvalue weighted by atomic mass is 10.7. The number of aryl methyl sites for hydroxylation is 2. The zero-order valence-corrected chi connectivity index (χ0v) is 17.6. The normalized spacial score (nSPS) is 9.71. The second-order valence-electron chi connectivity index (χ2n) is 2.65. The van der Waals surface area contributed by atoms with Crippen molar-refractivity contribution in [1.29, 1.82) is 0 Å². The first-order chi connectivity index (χ1) is 7.56. The molecule has 0 saturated carbocycles. The first kappa shape index (κ1) is 21.8. The van der Waals surface area contributed by atoms with Gasteiger partial charge in [-0.1, -0.05) is 0 Å². The Morgan fingerprint density at radius 3 is 1.76 bits per heavy atom. The van der Waals surface area contributed by atoms with E-state index in [0.29, 0.717) is 0 Å². The van der Waals surface area contributed by atoms with Gasteiger partial charge in [0.2, 0.25) is 6.33 Å². The maximum Gasteiger partial charge on any atom is 0.643 e. The molecule has 0 aliphatic heterocycles. The Labute approximate surface area is 141 Å². The van der Waals surface area contributed by atoms with E-state index in [2.05, 4.69) is 38.1 Å². The highest BCUT2D eigenvalue weighted by Crippen LogP contribution is 2.25. The van der Waals surface area contributed by atoms with Crippen LogP contribution in [0.5, 0.6) is 0 Å². The Kier molecular flexibility index (Phi) is 15.7. The zero-order chi connectivity index (χ0) is 14.1. The van der Waals surface area contributed by atoms with Crippen molar-refractivity contribution in [3.05, 3.63) is 18.7 Å². The molecule has 1 heterocycles. The number of aromatic nitrogens is 2. The highest BCUT2D eigenvalue weighted by molar-refractivity contribution is 9.30. The fourth-order valence-corrected chi connectivity index (χ4v) is 0.689. The quantitative estimate of drug-likeness (QED) is 0.432. The monoisotopic (exact) mass is 454 g/mol. The van der Waals surface area contributed by atoms with Gasteiger partial charge in [0.1, 0.15) is 12.4 Å². The minimum atomic E-state index is -2.60. The second-order valence-corrected chi connectivity index (χ2v) is 26.8. The lowest BCUT2D eigenvalue weighted by Gasteiger charge is -1.97. The maximum atomic E-state index is 5.14. The fraction of sp³-hybridized carbons (Fsp3) is 0.500. The van der Waals surface area contributed by atoms with Crippen LogP contribution in [0.3, 0.4) is 0 Å². The van der Waals surface area contributed by atoms with Crippen LogP contribution in [0.1, 0.15) is 6.92 Å². The van der Waals surface area contributed by atoms with Crippen LogP contribution in [0.25, 0.3) is 0 Å². The summed E-state index contributed by atoms with van der Waals surface area (Å²) < 4.78 is 4.16. The third-order valence-corrected chi connectivity index (χ3v) is 1.19. The van der Waals surface area contributed by atoms with Crippen molar-refractivity contribution in [2.75, 3.05) is 0 Å². The van der Waals surface area contributed by atoms with Crippen LogP contribution in [-0.2, 0) is 13.6 Å². The fourth-order valence-electron chi connectivity index (χ4n) is 0.689. The minimum absolute atomic E-state index is 1.06. The standard InChI is InChI=1S/C6H11N2.2Al.BrH.6ClH/c1-3-8-5-4-7(2)6-8;;;;;;;;;/h4-6H,3H2,1-2H3;;;7*1H/q+1;2*+3;;;;;;;/p-7. The van der Waals surface area contributed by atoms with Crippen molar-refractivity contribution in [2.24, 2.45) is 7.05 Å². The summed E-state index contributed by atoms with van der Waals surface area (Å²) in [6.45, 7) is 3.18. The molecular formula is C6H11Al2BrCl6N2. The lowest BCUT2D eigenvalue weighted by molar-refractivity contribution is -0.671. The number of nitrogens with zero attached hydrogens (tertiary/aromatic N) is 2. The number of imidazole rings is 1. The molecular weight excluding hydrogens is 447 g/mol. The first-order valence-electron chi connectivity index (χ1n) is 4.36. The van der Waals surface area contributed by atoms with Crippen molar-refractivity contribution in [2.45, 2.75) is 13.5 Å². The van der Waals surface area contributed by atoms with Gasteiger partial charge >= 0.3 is 19.9 Å². The van der Waals surface area contributed by atoms with E-state index in [1.807, 2.05) is 17.8 Å². The third-order valence-electron chi connectivity index (χ3n) is 1.19. The molecule has 0 N–H and O–H groups in total. The molecule has 0 amide bonds. The van der Waals surface area contributed by atoms with Crippen molar-refractivity contribution >= 4 is 94.2 Å². The van der Waals surface area contributed by atoms with E-state index in [9.17, 15) is 0 Å². The summed E-state index contributed by atoms with van der Waals surface area (Å²) in [6.07, 6.45) is 6.14. The number of hydrogen-bond donors (Lipinski definition) is 0. The molecule has 0 aliphatic carbocycles. The van der Waals surface area contributed by atoms with Crippen molar-refractivity contribution < 1.29 is 4.57 Å². The van der Waals surface area contributed by atoms with Crippen LogP contribution >= 0.6 is 74.3 Å². The molecule has 0 radical (unpaired) electrons. The Morgan fingerprint density at radius 2 is 1.65 bits per heavy atom. The van der Waals surface area contributed by atoms with E-state index < -0.39 is 19.9 Å². The molecule has 0 fully saturated rings. The smallest absolute Gasteiger partial charge is 0.396 e. The van der Waals surface area contributed by atoms with E-state index in [4.69, 9.17) is 60.3 Å². The molecule has 1 rings (SSSR count). The lowest BCUT2D eigenvalue weighted by Crippen LogP contribution is -2.23. The van der Waals surface area contributed by atoms with Gasteiger partial charge in [0.15, 0.2) is 0 Å². The van der Waals surface area contributed by atoms with Gasteiger partial charge in [0.05, 0.1) is 13.6 Å². The SMILES string of the molecule is CCn1cc[n+](C)c1.[Cl][Al-]([Cl])([Cl])[Br].[Cl][Al]([Cl])[Cl]. The molecule has 1 aromatic heterocycles. The Bertz CT molecular complexity index is 284. The first-order valence-corrected chi connectivity index (χ1v) is 18.0. The van der Waals surface area contributed by atoms with Crippen LogP contribution in [0, 0.1) is 0 Å². The summed E-state index contributed by atoms with van der Waals surface area (Å²) in [5.41, 5.74) is 0. The average Bonchev–Trinajstić information content (AvgIpc) is 2.47. The molecule has 0 atom stereocenters. The predicted octanol–water partition coefficient (Wildman–Crippen LogP) is 4.55. The average molecular weight is 458 g/mol. The Morgan fingerprint density at radius 1 is 1.29 bits per heavy atom. The van der Waals surface area contributed by atoms with Crippen molar-refractivity contribution in [1.82, 2.24) is 4.57 Å². The third kappa shape index (κ3) is 27.6. The van der Waals surface area contributed by atoms with Gasteiger partial charge in [-0.15, -0.1) is 0 Å². The summed E-state index contributed by atoms with van der Waals surface area (Å²) in [4.78, 5) is 0. The van der Waals surface area contributed by atoms with Crippen molar-refractivity contribution in [3.63, 3.8) is 0 Å². The van der Waals surface area contributed by atoms with Crippen LogP contribution in [-0.4, -0.2) is 24.4 Å². The minimum Gasteiger partial charge on any atom is -0.396 e. The van der Waals surface area contributed by atoms with E-state index in [0.717, 1.165) is 6.54 Å². The molecule has 0 saturated heterocycles. The van der Waals surface area contributed by atoms with Crippen LogP contribution < -0.4 is 4.57 Å². The predicted molar refractivity (Wildman–Crippen MR) is 86.8 cm³/mol.